The molecule has 0 fully saturated rings. The van der Waals surface area contributed by atoms with Gasteiger partial charge in [-0.2, -0.15) is 0 Å². The molecule has 19 heavy (non-hydrogen) atoms. The van der Waals surface area contributed by atoms with Crippen molar-refractivity contribution in [2.75, 3.05) is 6.61 Å². The smallest absolute Gasteiger partial charge is 0.174 e. The zero-order chi connectivity index (χ0) is 13.7. The molecule has 98 valence electrons. The van der Waals surface area contributed by atoms with E-state index in [9.17, 15) is 9.18 Å². The van der Waals surface area contributed by atoms with Crippen molar-refractivity contribution in [3.8, 4) is 5.75 Å². The molecule has 0 heterocycles. The van der Waals surface area contributed by atoms with Crippen molar-refractivity contribution in [1.82, 2.24) is 0 Å². The monoisotopic (exact) mass is 278 g/mol. The van der Waals surface area contributed by atoms with Crippen LogP contribution in [0.4, 0.5) is 4.39 Å². The van der Waals surface area contributed by atoms with E-state index in [0.717, 1.165) is 0 Å². The number of carbonyl (C=O) groups excluding carboxylic acids is 1. The standard InChI is InChI=1S/C15H12ClFO2/c16-12-5-7-14(8-6-12)19-10-13(18)9-11-3-1-2-4-15(11)17/h1-8H,9-10H2. The first-order valence-electron chi connectivity index (χ1n) is 5.78. The largest absolute Gasteiger partial charge is 0.486 e. The normalized spacial score (nSPS) is 10.2. The van der Waals surface area contributed by atoms with Gasteiger partial charge in [0.15, 0.2) is 5.78 Å². The lowest BCUT2D eigenvalue weighted by Gasteiger charge is -2.06. The van der Waals surface area contributed by atoms with Gasteiger partial charge in [0.25, 0.3) is 0 Å². The minimum Gasteiger partial charge on any atom is -0.486 e. The van der Waals surface area contributed by atoms with Gasteiger partial charge in [-0.15, -0.1) is 0 Å². The summed E-state index contributed by atoms with van der Waals surface area (Å²) in [6.07, 6.45) is 0.0280. The van der Waals surface area contributed by atoms with Crippen LogP contribution < -0.4 is 4.74 Å². The van der Waals surface area contributed by atoms with Gasteiger partial charge in [0.05, 0.1) is 0 Å². The fourth-order valence-corrected chi connectivity index (χ4v) is 1.73. The number of ketones is 1. The third-order valence-electron chi connectivity index (χ3n) is 2.56. The zero-order valence-electron chi connectivity index (χ0n) is 10.1. The summed E-state index contributed by atoms with van der Waals surface area (Å²) in [7, 11) is 0. The van der Waals surface area contributed by atoms with Crippen LogP contribution in [0, 0.1) is 5.82 Å². The number of carbonyl (C=O) groups is 1. The van der Waals surface area contributed by atoms with Crippen molar-refractivity contribution in [3.05, 3.63) is 64.9 Å². The number of rotatable bonds is 5. The molecule has 0 spiro atoms. The van der Waals surface area contributed by atoms with E-state index in [1.807, 2.05) is 0 Å². The Morgan fingerprint density at radius 1 is 1.11 bits per heavy atom. The SMILES string of the molecule is O=C(COc1ccc(Cl)cc1)Cc1ccccc1F. The third-order valence-corrected chi connectivity index (χ3v) is 2.81. The Labute approximate surface area is 115 Å². The Morgan fingerprint density at radius 2 is 1.79 bits per heavy atom. The van der Waals surface area contributed by atoms with E-state index in [2.05, 4.69) is 0 Å². The van der Waals surface area contributed by atoms with Crippen molar-refractivity contribution >= 4 is 17.4 Å². The van der Waals surface area contributed by atoms with Gasteiger partial charge in [-0.3, -0.25) is 4.79 Å². The number of benzene rings is 2. The maximum Gasteiger partial charge on any atom is 0.174 e. The van der Waals surface area contributed by atoms with Crippen LogP contribution in [-0.2, 0) is 11.2 Å². The quantitative estimate of drug-likeness (QED) is 0.834. The average Bonchev–Trinajstić information content (AvgIpc) is 2.41. The molecule has 0 N–H and O–H groups in total. The number of Topliss-reactive ketones (excluding diaryl/α,β-unsaturated/α-hetero) is 1. The molecular weight excluding hydrogens is 267 g/mol. The van der Waals surface area contributed by atoms with Crippen LogP contribution in [-0.4, -0.2) is 12.4 Å². The topological polar surface area (TPSA) is 26.3 Å². The fourth-order valence-electron chi connectivity index (χ4n) is 1.60. The Bertz CT molecular complexity index is 567. The van der Waals surface area contributed by atoms with Gasteiger partial charge in [-0.1, -0.05) is 29.8 Å². The molecule has 4 heteroatoms. The van der Waals surface area contributed by atoms with Crippen LogP contribution in [0.25, 0.3) is 0 Å². The number of hydrogen-bond donors (Lipinski definition) is 0. The molecule has 0 aromatic heterocycles. The number of hydrogen-bond acceptors (Lipinski definition) is 2. The molecule has 0 amide bonds. The van der Waals surface area contributed by atoms with E-state index < -0.39 is 0 Å². The van der Waals surface area contributed by atoms with Crippen LogP contribution in [0.15, 0.2) is 48.5 Å². The van der Waals surface area contributed by atoms with Gasteiger partial charge in [0.2, 0.25) is 0 Å². The molecule has 0 saturated carbocycles. The molecule has 0 radical (unpaired) electrons. The highest BCUT2D eigenvalue weighted by molar-refractivity contribution is 6.30. The Hall–Kier alpha value is -1.87. The summed E-state index contributed by atoms with van der Waals surface area (Å²) in [5.41, 5.74) is 0.382. The van der Waals surface area contributed by atoms with Gasteiger partial charge < -0.3 is 4.74 Å². The Balaban J connectivity index is 1.88. The van der Waals surface area contributed by atoms with Crippen molar-refractivity contribution in [2.45, 2.75) is 6.42 Å². The van der Waals surface area contributed by atoms with Crippen LogP contribution in [0.2, 0.25) is 5.02 Å². The molecule has 0 unspecified atom stereocenters. The second-order valence-electron chi connectivity index (χ2n) is 4.05. The van der Waals surface area contributed by atoms with E-state index in [1.54, 1.807) is 42.5 Å². The second-order valence-corrected chi connectivity index (χ2v) is 4.49. The second kappa shape index (κ2) is 6.34. The lowest BCUT2D eigenvalue weighted by molar-refractivity contribution is -0.120. The molecule has 2 aromatic rings. The highest BCUT2D eigenvalue weighted by Gasteiger charge is 2.08. The van der Waals surface area contributed by atoms with Crippen LogP contribution in [0.1, 0.15) is 5.56 Å². The minimum absolute atomic E-state index is 0.0280. The van der Waals surface area contributed by atoms with E-state index >= 15 is 0 Å². The first kappa shape index (κ1) is 13.6. The minimum atomic E-state index is -0.373. The van der Waals surface area contributed by atoms with E-state index in [-0.39, 0.29) is 24.6 Å². The molecule has 0 aliphatic carbocycles. The maximum atomic E-state index is 13.3. The Morgan fingerprint density at radius 3 is 2.47 bits per heavy atom. The zero-order valence-corrected chi connectivity index (χ0v) is 10.9. The number of halogens is 2. The summed E-state index contributed by atoms with van der Waals surface area (Å²) >= 11 is 5.73. The predicted molar refractivity (Wildman–Crippen MR) is 72.1 cm³/mol. The summed E-state index contributed by atoms with van der Waals surface area (Å²) in [5.74, 6) is 0.00803. The predicted octanol–water partition coefficient (Wildman–Crippen LogP) is 3.67. The number of ether oxygens (including phenoxy) is 1. The molecule has 2 rings (SSSR count). The van der Waals surface area contributed by atoms with Gasteiger partial charge in [-0.25, -0.2) is 4.39 Å². The van der Waals surface area contributed by atoms with E-state index in [0.29, 0.717) is 16.3 Å². The summed E-state index contributed by atoms with van der Waals surface area (Å²) in [4.78, 5) is 11.7. The lowest BCUT2D eigenvalue weighted by Crippen LogP contribution is -2.14. The maximum absolute atomic E-state index is 13.3. The lowest BCUT2D eigenvalue weighted by atomic mass is 10.1. The van der Waals surface area contributed by atoms with E-state index in [4.69, 9.17) is 16.3 Å². The van der Waals surface area contributed by atoms with Crippen LogP contribution >= 0.6 is 11.6 Å². The molecule has 0 bridgehead atoms. The molecule has 2 nitrogen and oxygen atoms in total. The Kier molecular flexibility index (Phi) is 4.53. The fraction of sp³-hybridized carbons (Fsp3) is 0.133. The molecular formula is C15H12ClFO2. The molecule has 2 aromatic carbocycles. The highest BCUT2D eigenvalue weighted by Crippen LogP contribution is 2.15. The first-order valence-corrected chi connectivity index (χ1v) is 6.16. The third kappa shape index (κ3) is 4.07. The van der Waals surface area contributed by atoms with Crippen molar-refractivity contribution in [1.29, 1.82) is 0 Å². The first-order chi connectivity index (χ1) is 9.15. The van der Waals surface area contributed by atoms with Gasteiger partial charge in [0, 0.05) is 11.4 Å². The van der Waals surface area contributed by atoms with E-state index in [1.165, 1.54) is 6.07 Å². The molecule has 0 aliphatic heterocycles. The highest BCUT2D eigenvalue weighted by atomic mass is 35.5. The van der Waals surface area contributed by atoms with Crippen LogP contribution in [0.5, 0.6) is 5.75 Å². The summed E-state index contributed by atoms with van der Waals surface area (Å²) in [6.45, 7) is -0.0873. The van der Waals surface area contributed by atoms with Gasteiger partial charge in [0.1, 0.15) is 18.2 Å². The summed E-state index contributed by atoms with van der Waals surface area (Å²) in [5, 5.41) is 0.602. The van der Waals surface area contributed by atoms with Crippen LogP contribution in [0.3, 0.4) is 0 Å². The van der Waals surface area contributed by atoms with Crippen molar-refractivity contribution in [3.63, 3.8) is 0 Å². The average molecular weight is 279 g/mol. The molecule has 0 aliphatic rings. The molecule has 0 saturated heterocycles. The van der Waals surface area contributed by atoms with Crippen molar-refractivity contribution < 1.29 is 13.9 Å². The summed E-state index contributed by atoms with van der Waals surface area (Å²) < 4.78 is 18.7. The van der Waals surface area contributed by atoms with Crippen molar-refractivity contribution in [2.24, 2.45) is 0 Å². The summed E-state index contributed by atoms with van der Waals surface area (Å²) in [6, 6.07) is 12.9. The molecule has 0 atom stereocenters. The van der Waals surface area contributed by atoms with Gasteiger partial charge >= 0.3 is 0 Å². The van der Waals surface area contributed by atoms with Gasteiger partial charge in [-0.05, 0) is 35.9 Å².